The fourth-order valence-corrected chi connectivity index (χ4v) is 8.79. The molecule has 63 heavy (non-hydrogen) atoms. The third-order valence-corrected chi connectivity index (χ3v) is 12.7. The molecule has 8 bridgehead atoms. The number of hydrogen-bond acceptors (Lipinski definition) is 4. The number of H-pyrrole nitrogens is 2. The molecule has 0 atom stereocenters. The maximum absolute atomic E-state index is 12.1. The summed E-state index contributed by atoms with van der Waals surface area (Å²) in [7, 11) is 0. The molecule has 0 radical (unpaired) electrons. The Morgan fingerprint density at radius 3 is 1.30 bits per heavy atom. The molecule has 0 spiro atoms. The first kappa shape index (κ1) is 45.9. The van der Waals surface area contributed by atoms with E-state index in [1.807, 2.05) is 12.1 Å². The van der Waals surface area contributed by atoms with Gasteiger partial charge in [-0.25, -0.2) is 9.97 Å². The second kappa shape index (κ2) is 16.8. The SMILES string of the molecule is CC(=O)Sc1ccc(-c2c3nc(c(-c4cc(C(C)(C)C)cc(C(C)(C)C)c4)c4ccc(cc5nc(c(-c6cc(C(C)(C)C)cc(C(C)(C)C)c6)c6ccc2[nH]6)C=C5)[nH]4)C=C3)cc1.[Zn+2]. The zero-order valence-corrected chi connectivity index (χ0v) is 43.2. The Morgan fingerprint density at radius 2 is 0.857 bits per heavy atom. The van der Waals surface area contributed by atoms with Gasteiger partial charge in [0.1, 0.15) is 0 Å². The molecule has 2 aliphatic heterocycles. The van der Waals surface area contributed by atoms with Crippen LogP contribution >= 0.6 is 11.8 Å². The second-order valence-corrected chi connectivity index (χ2v) is 22.3. The average molecular weight is 903 g/mol. The molecule has 2 N–H and O–H groups in total. The summed E-state index contributed by atoms with van der Waals surface area (Å²) in [5.41, 5.74) is 18.5. The van der Waals surface area contributed by atoms with E-state index < -0.39 is 0 Å². The molecule has 0 saturated carbocycles. The zero-order chi connectivity index (χ0) is 44.5. The number of aromatic nitrogens is 4. The van der Waals surface area contributed by atoms with E-state index >= 15 is 0 Å². The second-order valence-electron chi connectivity index (χ2n) is 21.1. The van der Waals surface area contributed by atoms with Crippen molar-refractivity contribution in [2.75, 3.05) is 0 Å². The quantitative estimate of drug-likeness (QED) is 0.136. The van der Waals surface area contributed by atoms with Crippen LogP contribution in [-0.2, 0) is 45.9 Å². The zero-order valence-electron chi connectivity index (χ0n) is 39.4. The number of benzene rings is 3. The molecule has 2 aliphatic rings. The van der Waals surface area contributed by atoms with Crippen LogP contribution in [0.5, 0.6) is 0 Å². The van der Waals surface area contributed by atoms with Crippen molar-refractivity contribution in [2.24, 2.45) is 0 Å². The number of aromatic amines is 2. The smallest absolute Gasteiger partial charge is 0.355 e. The number of hydrogen-bond donors (Lipinski definition) is 2. The van der Waals surface area contributed by atoms with E-state index in [0.717, 1.165) is 83.1 Å². The Labute approximate surface area is 391 Å². The topological polar surface area (TPSA) is 74.4 Å². The number of carbonyl (C=O) groups is 1. The summed E-state index contributed by atoms with van der Waals surface area (Å²) in [5.74, 6) is 0. The Hall–Kier alpha value is -5.10. The molecule has 316 valence electrons. The van der Waals surface area contributed by atoms with Gasteiger partial charge in [-0.05, 0) is 127 Å². The molecule has 5 heterocycles. The first-order valence-corrected chi connectivity index (χ1v) is 22.6. The average Bonchev–Trinajstić information content (AvgIpc) is 4.01. The minimum absolute atomic E-state index is 0. The standard InChI is InChI=1S/C56H60N4OS.Zn/c1-33(61)62-43-18-14-34(15-19-43)50-46-22-24-48(59-46)51(35-26-37(53(2,3)4)30-38(27-35)54(5,6)7)44-20-16-41(57-44)32-42-17-21-45(58-42)52(49-25-23-47(50)60-49)36-28-39(55(8,9)10)31-40(29-36)56(11,12)13;/h14-32,57,60H,1-13H3;/q;+2. The first-order chi connectivity index (χ1) is 29.0. The van der Waals surface area contributed by atoms with E-state index in [1.165, 1.54) is 34.0 Å². The first-order valence-electron chi connectivity index (χ1n) is 21.8. The minimum Gasteiger partial charge on any atom is -0.355 e. The van der Waals surface area contributed by atoms with E-state index in [4.69, 9.17) is 9.97 Å². The Morgan fingerprint density at radius 1 is 0.460 bits per heavy atom. The summed E-state index contributed by atoms with van der Waals surface area (Å²) in [6.07, 6.45) is 8.57. The summed E-state index contributed by atoms with van der Waals surface area (Å²) in [5, 5.41) is 0.0576. The summed E-state index contributed by atoms with van der Waals surface area (Å²) < 4.78 is 0. The van der Waals surface area contributed by atoms with Gasteiger partial charge < -0.3 is 9.97 Å². The minimum atomic E-state index is -0.0628. The van der Waals surface area contributed by atoms with Crippen LogP contribution in [0.4, 0.5) is 0 Å². The molecule has 0 fully saturated rings. The van der Waals surface area contributed by atoms with Crippen LogP contribution in [0.3, 0.4) is 0 Å². The Kier molecular flexibility index (Phi) is 12.2. The van der Waals surface area contributed by atoms with Gasteiger partial charge in [-0.15, -0.1) is 0 Å². The van der Waals surface area contributed by atoms with E-state index in [2.05, 4.69) is 196 Å². The Bertz CT molecular complexity index is 2850. The van der Waals surface area contributed by atoms with Gasteiger partial charge >= 0.3 is 19.5 Å². The van der Waals surface area contributed by atoms with Gasteiger partial charge in [0.2, 0.25) is 0 Å². The van der Waals surface area contributed by atoms with Crippen molar-refractivity contribution in [1.82, 2.24) is 19.9 Å². The van der Waals surface area contributed by atoms with Crippen LogP contribution in [-0.4, -0.2) is 25.1 Å². The number of thioether (sulfide) groups is 1. The normalized spacial score (nSPS) is 13.0. The maximum Gasteiger partial charge on any atom is 2.00 e. The largest absolute Gasteiger partial charge is 2.00 e. The summed E-state index contributed by atoms with van der Waals surface area (Å²) in [6.45, 7) is 29.0. The van der Waals surface area contributed by atoms with Crippen LogP contribution in [0, 0.1) is 0 Å². The molecule has 5 nitrogen and oxygen atoms in total. The molecule has 0 amide bonds. The third kappa shape index (κ3) is 9.71. The molecule has 0 aliphatic carbocycles. The predicted octanol–water partition coefficient (Wildman–Crippen LogP) is 15.5. The number of fused-ring (bicyclic) bond motifs is 8. The summed E-state index contributed by atoms with van der Waals surface area (Å²) in [6, 6.07) is 33.2. The Balaban J connectivity index is 0.00000595. The number of nitrogens with one attached hydrogen (secondary N) is 2. The van der Waals surface area contributed by atoms with Gasteiger partial charge in [-0.2, -0.15) is 0 Å². The van der Waals surface area contributed by atoms with E-state index in [0.29, 0.717) is 0 Å². The molecule has 0 unspecified atom stereocenters. The number of carbonyl (C=O) groups excluding carboxylic acids is 1. The van der Waals surface area contributed by atoms with Crippen molar-refractivity contribution in [1.29, 1.82) is 0 Å². The van der Waals surface area contributed by atoms with E-state index in [1.54, 1.807) is 6.92 Å². The van der Waals surface area contributed by atoms with Gasteiger partial charge in [0.05, 0.1) is 22.8 Å². The fourth-order valence-electron chi connectivity index (χ4n) is 8.18. The molecule has 8 rings (SSSR count). The van der Waals surface area contributed by atoms with Crippen molar-refractivity contribution in [3.8, 4) is 33.4 Å². The van der Waals surface area contributed by atoms with Crippen molar-refractivity contribution >= 4 is 63.2 Å². The molecule has 3 aromatic heterocycles. The third-order valence-electron chi connectivity index (χ3n) is 11.9. The van der Waals surface area contributed by atoms with Crippen molar-refractivity contribution in [3.05, 3.63) is 136 Å². The van der Waals surface area contributed by atoms with Gasteiger partial charge in [0.15, 0.2) is 5.12 Å². The molecular weight excluding hydrogens is 842 g/mol. The van der Waals surface area contributed by atoms with Gasteiger partial charge in [0.25, 0.3) is 0 Å². The van der Waals surface area contributed by atoms with Gasteiger partial charge in [-0.3, -0.25) is 4.79 Å². The van der Waals surface area contributed by atoms with Crippen molar-refractivity contribution in [2.45, 2.75) is 117 Å². The number of nitrogens with zero attached hydrogens (tertiary/aromatic N) is 2. The molecule has 6 aromatic rings. The summed E-state index contributed by atoms with van der Waals surface area (Å²) >= 11 is 1.24. The van der Waals surface area contributed by atoms with Crippen LogP contribution in [0.25, 0.3) is 79.8 Å². The fraction of sp³-hybridized carbons (Fsp3) is 0.304. The molecule has 7 heteroatoms. The number of rotatable bonds is 4. The van der Waals surface area contributed by atoms with E-state index in [9.17, 15) is 4.79 Å². The predicted molar refractivity (Wildman–Crippen MR) is 267 cm³/mol. The van der Waals surface area contributed by atoms with Gasteiger partial charge in [0, 0.05) is 50.6 Å². The van der Waals surface area contributed by atoms with Crippen molar-refractivity contribution < 1.29 is 24.3 Å². The van der Waals surface area contributed by atoms with Crippen LogP contribution in [0.2, 0.25) is 0 Å². The summed E-state index contributed by atoms with van der Waals surface area (Å²) in [4.78, 5) is 31.6. The van der Waals surface area contributed by atoms with Crippen LogP contribution in [0.1, 0.15) is 135 Å². The van der Waals surface area contributed by atoms with Crippen molar-refractivity contribution in [3.63, 3.8) is 0 Å². The monoisotopic (exact) mass is 900 g/mol. The van der Waals surface area contributed by atoms with Gasteiger partial charge in [-0.1, -0.05) is 143 Å². The molecule has 3 aromatic carbocycles. The van der Waals surface area contributed by atoms with E-state index in [-0.39, 0.29) is 46.3 Å². The maximum atomic E-state index is 12.1. The molecule has 0 saturated heterocycles. The van der Waals surface area contributed by atoms with Crippen LogP contribution < -0.4 is 0 Å². The molecular formula is C56H60N4OSZn+2. The van der Waals surface area contributed by atoms with Crippen LogP contribution in [0.15, 0.2) is 95.9 Å².